The van der Waals surface area contributed by atoms with Crippen LogP contribution in [0.4, 0.5) is 9.59 Å². The third-order valence-electron chi connectivity index (χ3n) is 12.6. The number of esters is 1. The molecule has 18 heteroatoms. The fraction of sp³-hybridized carbons (Fsp3) is 0.904. The van der Waals surface area contributed by atoms with Gasteiger partial charge in [-0.3, -0.25) is 19.3 Å². The Balaban J connectivity index is 0.00000588. The number of carbonyl (C=O) groups is 5. The van der Waals surface area contributed by atoms with E-state index in [2.05, 4.69) is 60.8 Å². The lowest BCUT2D eigenvalue weighted by Crippen LogP contribution is -2.47. The van der Waals surface area contributed by atoms with Crippen molar-refractivity contribution < 1.29 is 57.1 Å². The third-order valence-corrected chi connectivity index (χ3v) is 12.6. The molecule has 0 heterocycles. The largest absolute Gasteiger partial charge is 0.464 e. The highest BCUT2D eigenvalue weighted by Gasteiger charge is 2.37. The van der Waals surface area contributed by atoms with Crippen molar-refractivity contribution in [3.05, 3.63) is 0 Å². The number of hydrogen-bond donors (Lipinski definition) is 4. The predicted octanol–water partition coefficient (Wildman–Crippen LogP) is 6.57. The maximum Gasteiger partial charge on any atom is 0.407 e. The quantitative estimate of drug-likeness (QED) is 0.0260. The second-order valence-corrected chi connectivity index (χ2v) is 22.4. The van der Waals surface area contributed by atoms with Crippen LogP contribution in [0.2, 0.25) is 0 Å². The van der Waals surface area contributed by atoms with Gasteiger partial charge in [-0.2, -0.15) is 0 Å². The molecule has 2 aliphatic rings. The maximum atomic E-state index is 13.0. The van der Waals surface area contributed by atoms with Crippen molar-refractivity contribution in [3.63, 3.8) is 0 Å². The van der Waals surface area contributed by atoms with Crippen molar-refractivity contribution in [2.24, 2.45) is 28.1 Å². The number of nitrogens with zero attached hydrogens (tertiary/aromatic N) is 2. The fourth-order valence-corrected chi connectivity index (χ4v) is 9.26. The van der Waals surface area contributed by atoms with Crippen LogP contribution in [0.15, 0.2) is 0 Å². The van der Waals surface area contributed by atoms with Gasteiger partial charge in [0.2, 0.25) is 11.8 Å². The van der Waals surface area contributed by atoms with Gasteiger partial charge in [0.15, 0.2) is 0 Å². The first-order valence-corrected chi connectivity index (χ1v) is 25.9. The SMILES string of the molecule is CCC1CC(NC(=O)OC(C)COCC(C)OCC(C)OCC(C)OC(=O)NC2CC(CCC(=O)OCCN(CCCNC(=O)C(C)(C)C(=O)NC)CCOC)CC(C)(C)C2)CC(C)(C)C1.CN(C)C. The summed E-state index contributed by atoms with van der Waals surface area (Å²) in [7, 11) is 9.14. The molecule has 0 radical (unpaired) electrons. The number of carbonyl (C=O) groups excluding carboxylic acids is 5. The van der Waals surface area contributed by atoms with Gasteiger partial charge in [-0.05, 0) is 137 Å². The topological polar surface area (TPSA) is 205 Å². The van der Waals surface area contributed by atoms with E-state index in [1.807, 2.05) is 46.8 Å². The summed E-state index contributed by atoms with van der Waals surface area (Å²) in [6.45, 7) is 25.8. The van der Waals surface area contributed by atoms with E-state index in [0.717, 1.165) is 38.5 Å². The Morgan fingerprint density at radius 3 is 1.71 bits per heavy atom. The molecule has 8 unspecified atom stereocenters. The highest BCUT2D eigenvalue weighted by atomic mass is 16.6. The first kappa shape index (κ1) is 64.7. The molecule has 2 rings (SSSR count). The van der Waals surface area contributed by atoms with E-state index >= 15 is 0 Å². The zero-order valence-electron chi connectivity index (χ0n) is 46.6. The highest BCUT2D eigenvalue weighted by molar-refractivity contribution is 6.04. The molecule has 0 aromatic rings. The molecule has 410 valence electrons. The van der Waals surface area contributed by atoms with Gasteiger partial charge in [0.05, 0.1) is 45.2 Å². The van der Waals surface area contributed by atoms with Crippen LogP contribution in [-0.2, 0) is 47.5 Å². The molecule has 0 bridgehead atoms. The zero-order valence-corrected chi connectivity index (χ0v) is 46.6. The van der Waals surface area contributed by atoms with Gasteiger partial charge < -0.3 is 59.3 Å². The third kappa shape index (κ3) is 29.3. The molecular weight excluding hydrogens is 901 g/mol. The number of ether oxygens (including phenoxy) is 7. The molecule has 0 aromatic heterocycles. The zero-order chi connectivity index (χ0) is 53.1. The van der Waals surface area contributed by atoms with E-state index in [1.54, 1.807) is 27.9 Å². The Morgan fingerprint density at radius 1 is 0.686 bits per heavy atom. The summed E-state index contributed by atoms with van der Waals surface area (Å²) in [5.41, 5.74) is -0.981. The molecule has 0 aliphatic heterocycles. The number of rotatable bonds is 30. The predicted molar refractivity (Wildman–Crippen MR) is 274 cm³/mol. The molecule has 70 heavy (non-hydrogen) atoms. The Kier molecular flexibility index (Phi) is 30.9. The summed E-state index contributed by atoms with van der Waals surface area (Å²) in [6, 6.07) is 0.0355. The second-order valence-electron chi connectivity index (χ2n) is 22.4. The van der Waals surface area contributed by atoms with Gasteiger partial charge in [0.1, 0.15) is 24.2 Å². The van der Waals surface area contributed by atoms with Crippen LogP contribution in [-0.4, -0.2) is 177 Å². The number of methoxy groups -OCH3 is 1. The van der Waals surface area contributed by atoms with Crippen LogP contribution in [0.5, 0.6) is 0 Å². The Morgan fingerprint density at radius 2 is 1.17 bits per heavy atom. The Labute approximate surface area is 423 Å². The molecule has 0 aromatic carbocycles. The average Bonchev–Trinajstić information content (AvgIpc) is 3.25. The van der Waals surface area contributed by atoms with Crippen molar-refractivity contribution in [1.82, 2.24) is 31.1 Å². The van der Waals surface area contributed by atoms with Gasteiger partial charge in [-0.25, -0.2) is 9.59 Å². The Bertz CT molecular complexity index is 1510. The van der Waals surface area contributed by atoms with E-state index < -0.39 is 29.8 Å². The number of nitrogens with one attached hydrogen (secondary N) is 4. The summed E-state index contributed by atoms with van der Waals surface area (Å²) in [5, 5.41) is 11.5. The molecule has 2 aliphatic carbocycles. The molecular formula is C52H100N6O12. The molecule has 2 fully saturated rings. The van der Waals surface area contributed by atoms with Crippen molar-refractivity contribution in [2.45, 2.75) is 177 Å². The van der Waals surface area contributed by atoms with E-state index in [1.165, 1.54) is 13.5 Å². The standard InChI is InChI=1S/C49H91N5O12.C3H9N/c1-14-38-24-40(28-47(6,7)26-38)52-45(58)65-36(4)31-61-30-34(2)63-32-35(3)64-33-37(5)66-46(59)53-41-25-39(27-48(8,9)29-41)16-17-42(55)62-23-21-54(20-22-60-13)19-15-18-51-44(57)49(10,11)43(56)50-12;1-4(2)3/h34-41H,14-33H2,1-13H3,(H,50,56)(H,51,57)(H,52,58)(H,53,59);1-3H3. The fourth-order valence-electron chi connectivity index (χ4n) is 9.26. The summed E-state index contributed by atoms with van der Waals surface area (Å²) >= 11 is 0. The molecule has 4 N–H and O–H groups in total. The molecule has 4 amide bonds. The minimum atomic E-state index is -1.16. The lowest BCUT2D eigenvalue weighted by atomic mass is 9.69. The maximum absolute atomic E-state index is 13.0. The molecule has 0 saturated heterocycles. The molecule has 2 saturated carbocycles. The number of hydrogen-bond acceptors (Lipinski definition) is 14. The van der Waals surface area contributed by atoms with Crippen LogP contribution in [0.1, 0.15) is 140 Å². The van der Waals surface area contributed by atoms with Gasteiger partial charge in [0, 0.05) is 58.8 Å². The lowest BCUT2D eigenvalue weighted by molar-refractivity contribution is -0.145. The van der Waals surface area contributed by atoms with Crippen LogP contribution in [0.25, 0.3) is 0 Å². The van der Waals surface area contributed by atoms with Crippen LogP contribution < -0.4 is 21.3 Å². The molecule has 8 atom stereocenters. The lowest BCUT2D eigenvalue weighted by Gasteiger charge is -2.40. The first-order chi connectivity index (χ1) is 32.7. The van der Waals surface area contributed by atoms with Crippen LogP contribution >= 0.6 is 0 Å². The van der Waals surface area contributed by atoms with E-state index in [0.29, 0.717) is 64.8 Å². The summed E-state index contributed by atoms with van der Waals surface area (Å²) in [6.07, 6.45) is 6.11. The monoisotopic (exact) mass is 1000 g/mol. The van der Waals surface area contributed by atoms with E-state index in [9.17, 15) is 24.0 Å². The number of alkyl carbamates (subject to hydrolysis) is 2. The van der Waals surface area contributed by atoms with Gasteiger partial charge in [0.25, 0.3) is 0 Å². The van der Waals surface area contributed by atoms with E-state index in [-0.39, 0.29) is 85.1 Å². The normalized spacial score (nSPS) is 21.5. The summed E-state index contributed by atoms with van der Waals surface area (Å²) in [4.78, 5) is 67.0. The molecule has 18 nitrogen and oxygen atoms in total. The summed E-state index contributed by atoms with van der Waals surface area (Å²) < 4.78 is 39.7. The van der Waals surface area contributed by atoms with E-state index in [4.69, 9.17) is 33.2 Å². The van der Waals surface area contributed by atoms with Crippen LogP contribution in [0, 0.1) is 28.1 Å². The van der Waals surface area contributed by atoms with Crippen LogP contribution in [0.3, 0.4) is 0 Å². The van der Waals surface area contributed by atoms with Crippen molar-refractivity contribution in [2.75, 3.05) is 101 Å². The first-order valence-electron chi connectivity index (χ1n) is 25.9. The number of amides is 4. The minimum Gasteiger partial charge on any atom is -0.464 e. The van der Waals surface area contributed by atoms with Gasteiger partial charge in [-0.15, -0.1) is 0 Å². The average molecular weight is 1000 g/mol. The highest BCUT2D eigenvalue weighted by Crippen LogP contribution is 2.41. The van der Waals surface area contributed by atoms with Gasteiger partial charge in [-0.1, -0.05) is 41.0 Å². The minimum absolute atomic E-state index is 0.0240. The smallest absolute Gasteiger partial charge is 0.407 e. The van der Waals surface area contributed by atoms with Gasteiger partial charge >= 0.3 is 18.2 Å². The molecule has 0 spiro atoms. The van der Waals surface area contributed by atoms with Crippen molar-refractivity contribution in [3.8, 4) is 0 Å². The Hall–Kier alpha value is -3.29. The second kappa shape index (κ2) is 33.4. The van der Waals surface area contributed by atoms with Crippen molar-refractivity contribution >= 4 is 30.0 Å². The van der Waals surface area contributed by atoms with Crippen molar-refractivity contribution in [1.29, 1.82) is 0 Å². The summed E-state index contributed by atoms with van der Waals surface area (Å²) in [5.74, 6) is -0.0816.